The first-order chi connectivity index (χ1) is 8.15. The Balaban J connectivity index is 2.21. The molecule has 0 aromatic carbocycles. The molecule has 0 spiro atoms. The zero-order valence-corrected chi connectivity index (χ0v) is 10.1. The molecule has 0 amide bonds. The van der Waals surface area contributed by atoms with Gasteiger partial charge in [0.15, 0.2) is 0 Å². The summed E-state index contributed by atoms with van der Waals surface area (Å²) < 4.78 is 19.2. The number of rotatable bonds is 3. The molecule has 17 heavy (non-hydrogen) atoms. The van der Waals surface area contributed by atoms with Crippen LogP contribution >= 0.6 is 0 Å². The van der Waals surface area contributed by atoms with Crippen LogP contribution in [0.3, 0.4) is 0 Å². The third kappa shape index (κ3) is 4.93. The van der Waals surface area contributed by atoms with E-state index in [4.69, 9.17) is 9.47 Å². The van der Waals surface area contributed by atoms with Gasteiger partial charge in [0.05, 0.1) is 13.7 Å². The van der Waals surface area contributed by atoms with Gasteiger partial charge in [-0.25, -0.2) is 9.59 Å². The Kier molecular flexibility index (Phi) is 5.59. The van der Waals surface area contributed by atoms with Crippen molar-refractivity contribution in [2.75, 3.05) is 13.7 Å². The van der Waals surface area contributed by atoms with Crippen molar-refractivity contribution in [1.29, 1.82) is 0 Å². The van der Waals surface area contributed by atoms with Gasteiger partial charge >= 0.3 is 12.3 Å². The molecule has 0 heterocycles. The summed E-state index contributed by atoms with van der Waals surface area (Å²) in [7, 11) is 1.28. The number of ether oxygens (including phenoxy) is 4. The summed E-state index contributed by atoms with van der Waals surface area (Å²) >= 11 is 0. The first-order valence-electron chi connectivity index (χ1n) is 5.73. The molecule has 1 rings (SSSR count). The van der Waals surface area contributed by atoms with E-state index in [1.807, 2.05) is 0 Å². The maximum atomic E-state index is 11.1. The first-order valence-corrected chi connectivity index (χ1v) is 5.73. The average molecular weight is 246 g/mol. The van der Waals surface area contributed by atoms with Crippen molar-refractivity contribution >= 4 is 12.3 Å². The molecule has 6 nitrogen and oxygen atoms in total. The van der Waals surface area contributed by atoms with Crippen LogP contribution in [0, 0.1) is 0 Å². The van der Waals surface area contributed by atoms with Crippen LogP contribution < -0.4 is 0 Å². The third-order valence-electron chi connectivity index (χ3n) is 2.58. The Bertz CT molecular complexity index is 257. The highest BCUT2D eigenvalue weighted by molar-refractivity contribution is 5.60. The Labute approximate surface area is 100 Å². The lowest BCUT2D eigenvalue weighted by Crippen LogP contribution is -2.29. The normalized spacial score (nSPS) is 23.6. The second kappa shape index (κ2) is 6.98. The van der Waals surface area contributed by atoms with Gasteiger partial charge in [-0.15, -0.1) is 0 Å². The monoisotopic (exact) mass is 246 g/mol. The molecule has 0 N–H and O–H groups in total. The SMILES string of the molecule is CCOC(=O)OC1CCC(OC(=O)OC)CC1. The fourth-order valence-electron chi connectivity index (χ4n) is 1.74. The highest BCUT2D eigenvalue weighted by atomic mass is 16.7. The van der Waals surface area contributed by atoms with Crippen molar-refractivity contribution in [3.63, 3.8) is 0 Å². The van der Waals surface area contributed by atoms with Crippen molar-refractivity contribution in [3.05, 3.63) is 0 Å². The molecule has 1 saturated carbocycles. The fourth-order valence-corrected chi connectivity index (χ4v) is 1.74. The predicted molar refractivity (Wildman–Crippen MR) is 57.6 cm³/mol. The molecule has 0 saturated heterocycles. The lowest BCUT2D eigenvalue weighted by atomic mass is 9.95. The maximum Gasteiger partial charge on any atom is 0.508 e. The summed E-state index contributed by atoms with van der Waals surface area (Å²) in [5, 5.41) is 0. The van der Waals surface area contributed by atoms with E-state index in [1.165, 1.54) is 7.11 Å². The van der Waals surface area contributed by atoms with Crippen LogP contribution in [0.5, 0.6) is 0 Å². The van der Waals surface area contributed by atoms with E-state index in [0.717, 1.165) is 0 Å². The Morgan fingerprint density at radius 3 is 1.88 bits per heavy atom. The molecule has 98 valence electrons. The van der Waals surface area contributed by atoms with Crippen molar-refractivity contribution < 1.29 is 28.5 Å². The number of carbonyl (C=O) groups excluding carboxylic acids is 2. The highest BCUT2D eigenvalue weighted by Gasteiger charge is 2.26. The molecule has 0 aromatic heterocycles. The minimum Gasteiger partial charge on any atom is -0.438 e. The van der Waals surface area contributed by atoms with Crippen molar-refractivity contribution in [1.82, 2.24) is 0 Å². The van der Waals surface area contributed by atoms with Crippen LogP contribution in [0.1, 0.15) is 32.6 Å². The van der Waals surface area contributed by atoms with E-state index in [1.54, 1.807) is 6.92 Å². The summed E-state index contributed by atoms with van der Waals surface area (Å²) in [6.07, 6.45) is 1.07. The van der Waals surface area contributed by atoms with Gasteiger partial charge in [0.2, 0.25) is 0 Å². The number of carbonyl (C=O) groups is 2. The van der Waals surface area contributed by atoms with Crippen molar-refractivity contribution in [2.45, 2.75) is 44.8 Å². The van der Waals surface area contributed by atoms with Crippen LogP contribution in [-0.4, -0.2) is 38.2 Å². The van der Waals surface area contributed by atoms with E-state index in [-0.39, 0.29) is 12.2 Å². The van der Waals surface area contributed by atoms with E-state index in [2.05, 4.69) is 9.47 Å². The molecular weight excluding hydrogens is 228 g/mol. The fraction of sp³-hybridized carbons (Fsp3) is 0.818. The zero-order valence-electron chi connectivity index (χ0n) is 10.1. The van der Waals surface area contributed by atoms with E-state index in [0.29, 0.717) is 32.3 Å². The summed E-state index contributed by atoms with van der Waals surface area (Å²) in [6, 6.07) is 0. The summed E-state index contributed by atoms with van der Waals surface area (Å²) in [5.41, 5.74) is 0. The number of hydrogen-bond donors (Lipinski definition) is 0. The average Bonchev–Trinajstić information content (AvgIpc) is 2.32. The quantitative estimate of drug-likeness (QED) is 0.711. The molecule has 0 aromatic rings. The van der Waals surface area contributed by atoms with Gasteiger partial charge in [-0.2, -0.15) is 0 Å². The Hall–Kier alpha value is -1.46. The van der Waals surface area contributed by atoms with Gasteiger partial charge in [-0.3, -0.25) is 0 Å². The summed E-state index contributed by atoms with van der Waals surface area (Å²) in [5.74, 6) is 0. The topological polar surface area (TPSA) is 71.1 Å². The minimum atomic E-state index is -0.667. The third-order valence-corrected chi connectivity index (χ3v) is 2.58. The molecule has 0 aliphatic heterocycles. The molecule has 1 aliphatic rings. The molecule has 0 atom stereocenters. The molecule has 0 bridgehead atoms. The molecule has 0 radical (unpaired) electrons. The summed E-state index contributed by atoms with van der Waals surface area (Å²) in [6.45, 7) is 2.03. The Morgan fingerprint density at radius 1 is 1.00 bits per heavy atom. The van der Waals surface area contributed by atoms with Crippen molar-refractivity contribution in [2.24, 2.45) is 0 Å². The molecule has 1 aliphatic carbocycles. The highest BCUT2D eigenvalue weighted by Crippen LogP contribution is 2.24. The number of hydrogen-bond acceptors (Lipinski definition) is 6. The van der Waals surface area contributed by atoms with Crippen LogP contribution in [0.2, 0.25) is 0 Å². The largest absolute Gasteiger partial charge is 0.508 e. The first kappa shape index (κ1) is 13.6. The minimum absolute atomic E-state index is 0.147. The van der Waals surface area contributed by atoms with Crippen LogP contribution in [0.15, 0.2) is 0 Å². The Morgan fingerprint density at radius 2 is 1.47 bits per heavy atom. The van der Waals surface area contributed by atoms with Gasteiger partial charge < -0.3 is 18.9 Å². The van der Waals surface area contributed by atoms with Gasteiger partial charge in [-0.05, 0) is 32.6 Å². The van der Waals surface area contributed by atoms with Gasteiger partial charge in [-0.1, -0.05) is 0 Å². The van der Waals surface area contributed by atoms with E-state index >= 15 is 0 Å². The summed E-state index contributed by atoms with van der Waals surface area (Å²) in [4.78, 5) is 21.9. The van der Waals surface area contributed by atoms with E-state index < -0.39 is 12.3 Å². The van der Waals surface area contributed by atoms with Crippen LogP contribution in [0.4, 0.5) is 9.59 Å². The van der Waals surface area contributed by atoms with Crippen LogP contribution in [0.25, 0.3) is 0 Å². The van der Waals surface area contributed by atoms with Gasteiger partial charge in [0, 0.05) is 0 Å². The maximum absolute atomic E-state index is 11.1. The second-order valence-electron chi connectivity index (χ2n) is 3.77. The lowest BCUT2D eigenvalue weighted by molar-refractivity contribution is -0.0217. The van der Waals surface area contributed by atoms with Gasteiger partial charge in [0.1, 0.15) is 12.2 Å². The molecule has 1 fully saturated rings. The van der Waals surface area contributed by atoms with E-state index in [9.17, 15) is 9.59 Å². The van der Waals surface area contributed by atoms with Crippen molar-refractivity contribution in [3.8, 4) is 0 Å². The zero-order chi connectivity index (χ0) is 12.7. The van der Waals surface area contributed by atoms with Crippen LogP contribution in [-0.2, 0) is 18.9 Å². The second-order valence-corrected chi connectivity index (χ2v) is 3.77. The number of methoxy groups -OCH3 is 1. The predicted octanol–water partition coefficient (Wildman–Crippen LogP) is 2.25. The molecule has 0 unspecified atom stereocenters. The van der Waals surface area contributed by atoms with Gasteiger partial charge in [0.25, 0.3) is 0 Å². The lowest BCUT2D eigenvalue weighted by Gasteiger charge is -2.27. The standard InChI is InChI=1S/C11H18O6/c1-3-15-11(13)17-9-6-4-8(5-7-9)16-10(12)14-2/h8-9H,3-7H2,1-2H3. The molecular formula is C11H18O6. The smallest absolute Gasteiger partial charge is 0.438 e. The molecule has 6 heteroatoms.